The van der Waals surface area contributed by atoms with E-state index < -0.39 is 21.8 Å². The monoisotopic (exact) mass is 447 g/mol. The van der Waals surface area contributed by atoms with Crippen LogP contribution in [0.4, 0.5) is 0 Å². The maximum absolute atomic E-state index is 12.6. The molecule has 0 radical (unpaired) electrons. The van der Waals surface area contributed by atoms with Crippen molar-refractivity contribution < 1.29 is 18.0 Å². The molecule has 0 fully saturated rings. The summed E-state index contributed by atoms with van der Waals surface area (Å²) in [6.45, 7) is 2.36. The fraction of sp³-hybridized carbons (Fsp3) is 0.0833. The third kappa shape index (κ3) is 4.32. The number of primary sulfonamides is 1. The number of imide groups is 1. The first-order valence-corrected chi connectivity index (χ1v) is 11.4. The number of nitrogens with two attached hydrogens (primary N) is 1. The second-order valence-corrected chi connectivity index (χ2v) is 9.05. The molecule has 2 amide bonds. The minimum Gasteiger partial charge on any atom is -0.386 e. The molecule has 32 heavy (non-hydrogen) atoms. The molecular weight excluding hydrogens is 426 g/mol. The molecule has 8 heteroatoms. The van der Waals surface area contributed by atoms with E-state index in [-0.39, 0.29) is 4.90 Å². The summed E-state index contributed by atoms with van der Waals surface area (Å²) < 4.78 is 22.8. The molecule has 3 aromatic rings. The van der Waals surface area contributed by atoms with Crippen LogP contribution in [0.5, 0.6) is 0 Å². The minimum absolute atomic E-state index is 0.0300. The van der Waals surface area contributed by atoms with Crippen molar-refractivity contribution in [2.45, 2.75) is 18.4 Å². The summed E-state index contributed by atoms with van der Waals surface area (Å²) in [4.78, 5) is 24.9. The van der Waals surface area contributed by atoms with Gasteiger partial charge in [0.05, 0.1) is 10.5 Å². The van der Waals surface area contributed by atoms with E-state index in [1.54, 1.807) is 24.4 Å². The molecule has 0 atom stereocenters. The Labute approximate surface area is 186 Å². The number of rotatable bonds is 5. The number of nitrogens with one attached hydrogen (secondary N) is 2. The number of benzene rings is 3. The van der Waals surface area contributed by atoms with Crippen molar-refractivity contribution in [2.75, 3.05) is 0 Å². The largest absolute Gasteiger partial charge is 0.386 e. The van der Waals surface area contributed by atoms with Gasteiger partial charge in [-0.3, -0.25) is 14.9 Å². The topological polar surface area (TPSA) is 118 Å². The van der Waals surface area contributed by atoms with E-state index in [2.05, 4.69) is 10.6 Å². The van der Waals surface area contributed by atoms with Crippen molar-refractivity contribution in [3.05, 3.63) is 95.2 Å². The third-order valence-electron chi connectivity index (χ3n) is 5.29. The fourth-order valence-corrected chi connectivity index (χ4v) is 4.12. The van der Waals surface area contributed by atoms with Gasteiger partial charge in [-0.2, -0.15) is 0 Å². The maximum atomic E-state index is 12.6. The molecule has 0 saturated heterocycles. The summed E-state index contributed by atoms with van der Waals surface area (Å²) in [5.74, 6) is -0.918. The van der Waals surface area contributed by atoms with Gasteiger partial charge in [-0.05, 0) is 53.4 Å². The van der Waals surface area contributed by atoms with Crippen LogP contribution in [0.15, 0.2) is 77.8 Å². The standard InChI is InChI=1S/C24H21N3O4S/c1-15-4-2-3-5-19(15)17-8-11-20-21(12-17)22(24(29)27-23(20)28)14-26-13-16-6-9-18(10-7-16)32(25,30)31/h2-12,14,26H,13H2,1H3,(H2,25,30,31)(H,27,28,29)/b22-14-. The predicted octanol–water partition coefficient (Wildman–Crippen LogP) is 2.71. The van der Waals surface area contributed by atoms with Gasteiger partial charge in [-0.1, -0.05) is 42.5 Å². The lowest BCUT2D eigenvalue weighted by Gasteiger charge is -2.20. The summed E-state index contributed by atoms with van der Waals surface area (Å²) in [5.41, 5.74) is 5.14. The average molecular weight is 448 g/mol. The van der Waals surface area contributed by atoms with Crippen molar-refractivity contribution in [3.8, 4) is 11.1 Å². The van der Waals surface area contributed by atoms with Gasteiger partial charge in [-0.15, -0.1) is 0 Å². The van der Waals surface area contributed by atoms with Crippen LogP contribution >= 0.6 is 0 Å². The van der Waals surface area contributed by atoms with E-state index in [1.165, 1.54) is 12.1 Å². The SMILES string of the molecule is Cc1ccccc1-c1ccc2c(c1)/C(=C/NCc1ccc(S(N)(=O)=O)cc1)C(=O)NC2=O. The van der Waals surface area contributed by atoms with Crippen LogP contribution in [-0.4, -0.2) is 20.2 Å². The highest BCUT2D eigenvalue weighted by Gasteiger charge is 2.27. The molecule has 3 aromatic carbocycles. The van der Waals surface area contributed by atoms with Crippen molar-refractivity contribution in [1.82, 2.24) is 10.6 Å². The summed E-state index contributed by atoms with van der Waals surface area (Å²) in [5, 5.41) is 10.5. The lowest BCUT2D eigenvalue weighted by Crippen LogP contribution is -2.37. The number of sulfonamides is 1. The Morgan fingerprint density at radius 1 is 0.906 bits per heavy atom. The molecule has 0 bridgehead atoms. The predicted molar refractivity (Wildman–Crippen MR) is 122 cm³/mol. The molecule has 0 unspecified atom stereocenters. The number of carbonyl (C=O) groups is 2. The van der Waals surface area contributed by atoms with Gasteiger partial charge in [0.2, 0.25) is 10.0 Å². The Hall–Kier alpha value is -3.75. The van der Waals surface area contributed by atoms with Crippen LogP contribution in [0, 0.1) is 6.92 Å². The maximum Gasteiger partial charge on any atom is 0.260 e. The van der Waals surface area contributed by atoms with Crippen molar-refractivity contribution >= 4 is 27.4 Å². The van der Waals surface area contributed by atoms with Crippen LogP contribution < -0.4 is 15.8 Å². The summed E-state index contributed by atoms with van der Waals surface area (Å²) >= 11 is 0. The Balaban J connectivity index is 1.63. The molecule has 1 aliphatic rings. The highest BCUT2D eigenvalue weighted by Crippen LogP contribution is 2.30. The third-order valence-corrected chi connectivity index (χ3v) is 6.22. The second kappa shape index (κ2) is 8.41. The number of carbonyl (C=O) groups excluding carboxylic acids is 2. The summed E-state index contributed by atoms with van der Waals surface area (Å²) in [7, 11) is -3.75. The van der Waals surface area contributed by atoms with Gasteiger partial charge in [0.1, 0.15) is 0 Å². The lowest BCUT2D eigenvalue weighted by atomic mass is 9.90. The number of hydrogen-bond donors (Lipinski definition) is 3. The molecule has 4 rings (SSSR count). The number of amides is 2. The average Bonchev–Trinajstić information content (AvgIpc) is 2.75. The molecule has 4 N–H and O–H groups in total. The first-order chi connectivity index (χ1) is 15.2. The van der Waals surface area contributed by atoms with Gasteiger partial charge in [0, 0.05) is 23.9 Å². The van der Waals surface area contributed by atoms with Crippen molar-refractivity contribution in [2.24, 2.45) is 5.14 Å². The summed E-state index contributed by atoms with van der Waals surface area (Å²) in [6.07, 6.45) is 1.57. The zero-order valence-corrected chi connectivity index (χ0v) is 18.1. The smallest absolute Gasteiger partial charge is 0.260 e. The minimum atomic E-state index is -3.75. The van der Waals surface area contributed by atoms with Crippen LogP contribution in [0.25, 0.3) is 16.7 Å². The molecule has 0 aromatic heterocycles. The van der Waals surface area contributed by atoms with E-state index in [4.69, 9.17) is 5.14 Å². The Kier molecular flexibility index (Phi) is 5.65. The molecule has 1 heterocycles. The molecule has 7 nitrogen and oxygen atoms in total. The van der Waals surface area contributed by atoms with Crippen molar-refractivity contribution in [3.63, 3.8) is 0 Å². The van der Waals surface area contributed by atoms with Gasteiger partial charge < -0.3 is 5.32 Å². The molecule has 0 saturated carbocycles. The van der Waals surface area contributed by atoms with Crippen LogP contribution in [0.2, 0.25) is 0 Å². The lowest BCUT2D eigenvalue weighted by molar-refractivity contribution is -0.114. The van der Waals surface area contributed by atoms with Crippen LogP contribution in [-0.2, 0) is 21.4 Å². The van der Waals surface area contributed by atoms with E-state index in [0.29, 0.717) is 23.2 Å². The number of aryl methyl sites for hydroxylation is 1. The van der Waals surface area contributed by atoms with Crippen LogP contribution in [0.3, 0.4) is 0 Å². The van der Waals surface area contributed by atoms with E-state index in [0.717, 1.165) is 22.3 Å². The summed E-state index contributed by atoms with van der Waals surface area (Å²) in [6, 6.07) is 19.5. The van der Waals surface area contributed by atoms with Gasteiger partial charge in [0.15, 0.2) is 0 Å². The van der Waals surface area contributed by atoms with Crippen LogP contribution in [0.1, 0.15) is 27.0 Å². The van der Waals surface area contributed by atoms with Gasteiger partial charge >= 0.3 is 0 Å². The zero-order chi connectivity index (χ0) is 22.9. The van der Waals surface area contributed by atoms with E-state index in [1.807, 2.05) is 43.3 Å². The number of hydrogen-bond acceptors (Lipinski definition) is 5. The Morgan fingerprint density at radius 2 is 1.62 bits per heavy atom. The first-order valence-electron chi connectivity index (χ1n) is 9.85. The van der Waals surface area contributed by atoms with Crippen molar-refractivity contribution in [1.29, 1.82) is 0 Å². The number of fused-ring (bicyclic) bond motifs is 1. The highest BCUT2D eigenvalue weighted by atomic mass is 32.2. The molecule has 0 aliphatic carbocycles. The quantitative estimate of drug-likeness (QED) is 0.411. The van der Waals surface area contributed by atoms with E-state index in [9.17, 15) is 18.0 Å². The molecule has 0 spiro atoms. The van der Waals surface area contributed by atoms with Gasteiger partial charge in [0.25, 0.3) is 11.8 Å². The highest BCUT2D eigenvalue weighted by molar-refractivity contribution is 7.89. The van der Waals surface area contributed by atoms with Gasteiger partial charge in [-0.25, -0.2) is 13.6 Å². The zero-order valence-electron chi connectivity index (χ0n) is 17.3. The normalized spacial score (nSPS) is 14.8. The molecule has 1 aliphatic heterocycles. The first kappa shape index (κ1) is 21.5. The molecule has 162 valence electrons. The molecular formula is C24H21N3O4S. The Bertz CT molecular complexity index is 1360. The second-order valence-electron chi connectivity index (χ2n) is 7.49. The van der Waals surface area contributed by atoms with E-state index >= 15 is 0 Å². The fourth-order valence-electron chi connectivity index (χ4n) is 3.60. The Morgan fingerprint density at radius 3 is 2.31 bits per heavy atom.